The number of halogens is 2. The predicted octanol–water partition coefficient (Wildman–Crippen LogP) is 3.81. The third-order valence-electron chi connectivity index (χ3n) is 2.89. The summed E-state index contributed by atoms with van der Waals surface area (Å²) in [4.78, 5) is 12.0. The zero-order valence-corrected chi connectivity index (χ0v) is 13.4. The van der Waals surface area contributed by atoms with Gasteiger partial charge in [-0.1, -0.05) is 35.3 Å². The molecule has 0 heterocycles. The predicted molar refractivity (Wildman–Crippen MR) is 87.3 cm³/mol. The number of benzene rings is 2. The molecule has 0 aromatic heterocycles. The molecule has 1 N–H and O–H groups in total. The number of carbonyl (C=O) groups is 1. The van der Waals surface area contributed by atoms with Gasteiger partial charge in [-0.25, -0.2) is 0 Å². The van der Waals surface area contributed by atoms with Gasteiger partial charge >= 0.3 is 0 Å². The first-order valence-electron chi connectivity index (χ1n) is 6.61. The Morgan fingerprint density at radius 1 is 1.14 bits per heavy atom. The Morgan fingerprint density at radius 3 is 2.55 bits per heavy atom. The standard InChI is InChI=1S/C16H15Cl2NO3/c1-21-14-4-2-3-5-15(14)22-9-8-19-16(20)12-7-6-11(17)10-13(12)18/h2-7,10H,8-9H2,1H3,(H,19,20). The normalized spacial score (nSPS) is 10.1. The summed E-state index contributed by atoms with van der Waals surface area (Å²) in [5.41, 5.74) is 0.378. The Kier molecular flexibility index (Phi) is 5.92. The molecule has 0 aliphatic rings. The molecule has 0 bridgehead atoms. The fourth-order valence-corrected chi connectivity index (χ4v) is 2.33. The van der Waals surface area contributed by atoms with Crippen molar-refractivity contribution in [3.63, 3.8) is 0 Å². The summed E-state index contributed by atoms with van der Waals surface area (Å²) in [6.07, 6.45) is 0. The van der Waals surface area contributed by atoms with Crippen LogP contribution < -0.4 is 14.8 Å². The van der Waals surface area contributed by atoms with E-state index in [9.17, 15) is 4.79 Å². The van der Waals surface area contributed by atoms with Crippen molar-refractivity contribution in [3.8, 4) is 11.5 Å². The summed E-state index contributed by atoms with van der Waals surface area (Å²) in [6, 6.07) is 12.1. The number of amides is 1. The van der Waals surface area contributed by atoms with E-state index in [4.69, 9.17) is 32.7 Å². The van der Waals surface area contributed by atoms with E-state index >= 15 is 0 Å². The monoisotopic (exact) mass is 339 g/mol. The van der Waals surface area contributed by atoms with Crippen LogP contribution in [-0.2, 0) is 0 Å². The third-order valence-corrected chi connectivity index (χ3v) is 3.44. The van der Waals surface area contributed by atoms with Crippen LogP contribution in [0.1, 0.15) is 10.4 Å². The lowest BCUT2D eigenvalue weighted by atomic mass is 10.2. The van der Waals surface area contributed by atoms with E-state index in [0.717, 1.165) is 0 Å². The molecule has 1 amide bonds. The van der Waals surface area contributed by atoms with Gasteiger partial charge in [-0.05, 0) is 30.3 Å². The van der Waals surface area contributed by atoms with Gasteiger partial charge in [-0.15, -0.1) is 0 Å². The van der Waals surface area contributed by atoms with E-state index in [1.54, 1.807) is 31.4 Å². The number of para-hydroxylation sites is 2. The molecule has 0 radical (unpaired) electrons. The van der Waals surface area contributed by atoms with Crippen molar-refractivity contribution in [1.29, 1.82) is 0 Å². The van der Waals surface area contributed by atoms with Gasteiger partial charge in [-0.2, -0.15) is 0 Å². The van der Waals surface area contributed by atoms with Crippen LogP contribution in [0.5, 0.6) is 11.5 Å². The molecule has 0 saturated heterocycles. The number of carbonyl (C=O) groups excluding carboxylic acids is 1. The minimum absolute atomic E-state index is 0.273. The molecule has 2 aromatic carbocycles. The molecule has 4 nitrogen and oxygen atoms in total. The minimum atomic E-state index is -0.273. The van der Waals surface area contributed by atoms with Crippen molar-refractivity contribution in [2.24, 2.45) is 0 Å². The zero-order chi connectivity index (χ0) is 15.9. The highest BCUT2D eigenvalue weighted by Crippen LogP contribution is 2.25. The molecular formula is C16H15Cl2NO3. The Morgan fingerprint density at radius 2 is 1.86 bits per heavy atom. The van der Waals surface area contributed by atoms with Gasteiger partial charge in [0.05, 0.1) is 24.2 Å². The van der Waals surface area contributed by atoms with Gasteiger partial charge in [0.1, 0.15) is 6.61 Å². The molecule has 6 heteroatoms. The van der Waals surface area contributed by atoms with Gasteiger partial charge in [0.25, 0.3) is 5.91 Å². The van der Waals surface area contributed by atoms with Crippen molar-refractivity contribution in [3.05, 3.63) is 58.1 Å². The minimum Gasteiger partial charge on any atom is -0.493 e. The molecule has 0 aliphatic carbocycles. The first-order valence-corrected chi connectivity index (χ1v) is 7.36. The highest BCUT2D eigenvalue weighted by molar-refractivity contribution is 6.36. The lowest BCUT2D eigenvalue weighted by Gasteiger charge is -2.11. The molecule has 0 fully saturated rings. The summed E-state index contributed by atoms with van der Waals surface area (Å²) in [5.74, 6) is 1.00. The number of hydrogen-bond donors (Lipinski definition) is 1. The van der Waals surface area contributed by atoms with Crippen LogP contribution in [0.2, 0.25) is 10.0 Å². The smallest absolute Gasteiger partial charge is 0.252 e. The highest BCUT2D eigenvalue weighted by Gasteiger charge is 2.10. The van der Waals surface area contributed by atoms with Crippen molar-refractivity contribution >= 4 is 29.1 Å². The molecule has 2 rings (SSSR count). The van der Waals surface area contributed by atoms with Gasteiger partial charge in [0.2, 0.25) is 0 Å². The van der Waals surface area contributed by atoms with Gasteiger partial charge in [-0.3, -0.25) is 4.79 Å². The van der Waals surface area contributed by atoms with Crippen LogP contribution in [-0.4, -0.2) is 26.2 Å². The average Bonchev–Trinajstić information content (AvgIpc) is 2.51. The first kappa shape index (κ1) is 16.5. The summed E-state index contributed by atoms with van der Waals surface area (Å²) >= 11 is 11.8. The van der Waals surface area contributed by atoms with Crippen LogP contribution in [0.25, 0.3) is 0 Å². The topological polar surface area (TPSA) is 47.6 Å². The van der Waals surface area contributed by atoms with Crippen molar-refractivity contribution < 1.29 is 14.3 Å². The van der Waals surface area contributed by atoms with Crippen molar-refractivity contribution in [2.75, 3.05) is 20.3 Å². The maximum Gasteiger partial charge on any atom is 0.252 e. The number of ether oxygens (including phenoxy) is 2. The summed E-state index contributed by atoms with van der Waals surface area (Å²) in [6.45, 7) is 0.660. The van der Waals surface area contributed by atoms with Crippen LogP contribution in [0, 0.1) is 0 Å². The van der Waals surface area contributed by atoms with Crippen molar-refractivity contribution in [2.45, 2.75) is 0 Å². The van der Waals surface area contributed by atoms with Crippen LogP contribution in [0.3, 0.4) is 0 Å². The lowest BCUT2D eigenvalue weighted by Crippen LogP contribution is -2.28. The Hall–Kier alpha value is -1.91. The maximum atomic E-state index is 12.0. The van der Waals surface area contributed by atoms with Gasteiger partial charge in [0, 0.05) is 5.02 Å². The van der Waals surface area contributed by atoms with E-state index < -0.39 is 0 Å². The van der Waals surface area contributed by atoms with E-state index in [1.807, 2.05) is 12.1 Å². The third kappa shape index (κ3) is 4.29. The average molecular weight is 340 g/mol. The zero-order valence-electron chi connectivity index (χ0n) is 11.9. The SMILES string of the molecule is COc1ccccc1OCCNC(=O)c1ccc(Cl)cc1Cl. The molecular weight excluding hydrogens is 325 g/mol. The van der Waals surface area contributed by atoms with E-state index in [2.05, 4.69) is 5.32 Å². The van der Waals surface area contributed by atoms with Crippen LogP contribution >= 0.6 is 23.2 Å². The number of hydrogen-bond acceptors (Lipinski definition) is 3. The second-order valence-corrected chi connectivity index (χ2v) is 5.22. The molecule has 2 aromatic rings. The van der Waals surface area contributed by atoms with Gasteiger partial charge < -0.3 is 14.8 Å². The molecule has 22 heavy (non-hydrogen) atoms. The Bertz CT molecular complexity index is 662. The molecule has 0 unspecified atom stereocenters. The Labute approximate surface area is 138 Å². The lowest BCUT2D eigenvalue weighted by molar-refractivity contribution is 0.0947. The summed E-state index contributed by atoms with van der Waals surface area (Å²) < 4.78 is 10.7. The molecule has 116 valence electrons. The quantitative estimate of drug-likeness (QED) is 0.814. The van der Waals surface area contributed by atoms with E-state index in [1.165, 1.54) is 6.07 Å². The van der Waals surface area contributed by atoms with Crippen molar-refractivity contribution in [1.82, 2.24) is 5.32 Å². The first-order chi connectivity index (χ1) is 10.6. The number of rotatable bonds is 6. The highest BCUT2D eigenvalue weighted by atomic mass is 35.5. The van der Waals surface area contributed by atoms with E-state index in [0.29, 0.717) is 40.3 Å². The Balaban J connectivity index is 1.85. The number of methoxy groups -OCH3 is 1. The largest absolute Gasteiger partial charge is 0.493 e. The molecule has 0 aliphatic heterocycles. The molecule has 0 atom stereocenters. The second kappa shape index (κ2) is 7.92. The van der Waals surface area contributed by atoms with Gasteiger partial charge in [0.15, 0.2) is 11.5 Å². The van der Waals surface area contributed by atoms with E-state index in [-0.39, 0.29) is 5.91 Å². The maximum absolute atomic E-state index is 12.0. The van der Waals surface area contributed by atoms with Crippen LogP contribution in [0.15, 0.2) is 42.5 Å². The summed E-state index contributed by atoms with van der Waals surface area (Å²) in [7, 11) is 1.58. The summed E-state index contributed by atoms with van der Waals surface area (Å²) in [5, 5.41) is 3.54. The fourth-order valence-electron chi connectivity index (χ4n) is 1.83. The number of nitrogens with one attached hydrogen (secondary N) is 1. The van der Waals surface area contributed by atoms with Crippen LogP contribution in [0.4, 0.5) is 0 Å². The molecule has 0 saturated carbocycles. The second-order valence-electron chi connectivity index (χ2n) is 4.38. The molecule has 0 spiro atoms. The fraction of sp³-hybridized carbons (Fsp3) is 0.188.